The highest BCUT2D eigenvalue weighted by molar-refractivity contribution is 6.18. The monoisotopic (exact) mass is 273 g/mol. The smallest absolute Gasteiger partial charge is 0.130 e. The Hall–Kier alpha value is -0.670. The maximum absolute atomic E-state index is 13.5. The molecule has 2 atom stereocenters. The van der Waals surface area contributed by atoms with Gasteiger partial charge in [-0.15, -0.1) is 11.6 Å². The van der Waals surface area contributed by atoms with Gasteiger partial charge in [0.25, 0.3) is 0 Å². The van der Waals surface area contributed by atoms with Crippen molar-refractivity contribution < 1.29 is 8.78 Å². The average molecular weight is 274 g/mol. The summed E-state index contributed by atoms with van der Waals surface area (Å²) in [6, 6.07) is 4.24. The van der Waals surface area contributed by atoms with Gasteiger partial charge >= 0.3 is 0 Å². The van der Waals surface area contributed by atoms with Crippen molar-refractivity contribution in [1.82, 2.24) is 5.32 Å². The molecular weight excluding hydrogens is 256 g/mol. The van der Waals surface area contributed by atoms with Gasteiger partial charge in [-0.3, -0.25) is 0 Å². The van der Waals surface area contributed by atoms with E-state index >= 15 is 0 Å². The van der Waals surface area contributed by atoms with Crippen LogP contribution in [0.2, 0.25) is 0 Å². The first kappa shape index (κ1) is 13.8. The first-order valence-electron chi connectivity index (χ1n) is 6.44. The quantitative estimate of drug-likeness (QED) is 0.822. The summed E-state index contributed by atoms with van der Waals surface area (Å²) in [5, 5.41) is 3.26. The topological polar surface area (TPSA) is 12.0 Å². The number of benzene rings is 1. The minimum atomic E-state index is -0.485. The third-order valence-corrected chi connectivity index (χ3v) is 4.11. The van der Waals surface area contributed by atoms with Crippen LogP contribution in [0.15, 0.2) is 18.2 Å². The molecule has 0 aromatic heterocycles. The lowest BCUT2D eigenvalue weighted by Gasteiger charge is -2.31. The van der Waals surface area contributed by atoms with Crippen molar-refractivity contribution in [3.05, 3.63) is 35.4 Å². The number of hydrogen-bond donors (Lipinski definition) is 1. The summed E-state index contributed by atoms with van der Waals surface area (Å²) in [6.45, 7) is 0.233. The van der Waals surface area contributed by atoms with Gasteiger partial charge in [0, 0.05) is 24.0 Å². The molecule has 0 radical (unpaired) electrons. The Morgan fingerprint density at radius 2 is 1.83 bits per heavy atom. The summed E-state index contributed by atoms with van der Waals surface area (Å²) in [5.74, 6) is 0.0500. The summed E-state index contributed by atoms with van der Waals surface area (Å²) in [4.78, 5) is 0. The number of alkyl halides is 1. The summed E-state index contributed by atoms with van der Waals surface area (Å²) >= 11 is 5.93. The maximum Gasteiger partial charge on any atom is 0.130 e. The predicted octanol–water partition coefficient (Wildman–Crippen LogP) is 3.85. The van der Waals surface area contributed by atoms with Crippen LogP contribution in [0, 0.1) is 17.6 Å². The van der Waals surface area contributed by atoms with Gasteiger partial charge in [-0.2, -0.15) is 0 Å². The molecule has 0 heterocycles. The van der Waals surface area contributed by atoms with Crippen molar-refractivity contribution >= 4 is 11.6 Å². The number of nitrogens with one attached hydrogen (secondary N) is 1. The van der Waals surface area contributed by atoms with Gasteiger partial charge < -0.3 is 5.32 Å². The van der Waals surface area contributed by atoms with E-state index in [2.05, 4.69) is 5.32 Å². The second-order valence-corrected chi connectivity index (χ2v) is 5.20. The van der Waals surface area contributed by atoms with Crippen LogP contribution in [-0.2, 0) is 6.54 Å². The molecule has 0 amide bonds. The maximum atomic E-state index is 13.5. The third-order valence-electron chi connectivity index (χ3n) is 3.71. The van der Waals surface area contributed by atoms with E-state index in [1.165, 1.54) is 24.6 Å². The van der Waals surface area contributed by atoms with Gasteiger partial charge in [0.1, 0.15) is 11.6 Å². The Morgan fingerprint density at radius 1 is 1.17 bits per heavy atom. The molecule has 1 aliphatic rings. The lowest BCUT2D eigenvalue weighted by Crippen LogP contribution is -2.39. The fourth-order valence-electron chi connectivity index (χ4n) is 2.60. The van der Waals surface area contributed by atoms with Crippen molar-refractivity contribution in [2.24, 2.45) is 5.92 Å². The van der Waals surface area contributed by atoms with Crippen molar-refractivity contribution in [1.29, 1.82) is 0 Å². The molecule has 0 aliphatic heterocycles. The highest BCUT2D eigenvalue weighted by Crippen LogP contribution is 2.26. The minimum absolute atomic E-state index is 0.122. The van der Waals surface area contributed by atoms with Gasteiger partial charge in [-0.25, -0.2) is 8.78 Å². The number of halogens is 3. The molecule has 1 N–H and O–H groups in total. The first-order valence-corrected chi connectivity index (χ1v) is 6.98. The normalized spacial score (nSPS) is 24.2. The molecule has 1 fully saturated rings. The molecule has 0 bridgehead atoms. The summed E-state index contributed by atoms with van der Waals surface area (Å²) < 4.78 is 27.0. The van der Waals surface area contributed by atoms with Gasteiger partial charge in [0.2, 0.25) is 0 Å². The standard InChI is InChI=1S/C14H18ClF2N/c15-8-10-4-1-2-7-14(10)18-9-11-12(16)5-3-6-13(11)17/h3,5-6,10,14,18H,1-2,4,7-9H2. The SMILES string of the molecule is Fc1cccc(F)c1CNC1CCCCC1CCl. The molecule has 1 aromatic rings. The third kappa shape index (κ3) is 3.21. The highest BCUT2D eigenvalue weighted by Gasteiger charge is 2.24. The van der Waals surface area contributed by atoms with Crippen LogP contribution in [-0.4, -0.2) is 11.9 Å². The fourth-order valence-corrected chi connectivity index (χ4v) is 2.96. The summed E-state index contributed by atoms with van der Waals surface area (Å²) in [7, 11) is 0. The Kier molecular flexibility index (Phi) is 4.95. The lowest BCUT2D eigenvalue weighted by molar-refractivity contribution is 0.280. The van der Waals surface area contributed by atoms with Crippen molar-refractivity contribution in [2.45, 2.75) is 38.3 Å². The van der Waals surface area contributed by atoms with E-state index in [-0.39, 0.29) is 18.2 Å². The number of hydrogen-bond acceptors (Lipinski definition) is 1. The molecule has 1 aromatic carbocycles. The molecule has 18 heavy (non-hydrogen) atoms. The van der Waals surface area contributed by atoms with E-state index in [1.807, 2.05) is 0 Å². The van der Waals surface area contributed by atoms with Crippen LogP contribution in [0.1, 0.15) is 31.2 Å². The second kappa shape index (κ2) is 6.48. The zero-order valence-corrected chi connectivity index (χ0v) is 11.0. The average Bonchev–Trinajstić information content (AvgIpc) is 2.38. The predicted molar refractivity (Wildman–Crippen MR) is 69.7 cm³/mol. The second-order valence-electron chi connectivity index (χ2n) is 4.89. The van der Waals surface area contributed by atoms with Crippen molar-refractivity contribution in [2.75, 3.05) is 5.88 Å². The number of rotatable bonds is 4. The van der Waals surface area contributed by atoms with Crippen molar-refractivity contribution in [3.63, 3.8) is 0 Å². The Labute approximate surface area is 112 Å². The van der Waals surface area contributed by atoms with E-state index < -0.39 is 11.6 Å². The molecule has 1 nitrogen and oxygen atoms in total. The molecule has 1 aliphatic carbocycles. The summed E-state index contributed by atoms with van der Waals surface area (Å²) in [6.07, 6.45) is 4.49. The minimum Gasteiger partial charge on any atom is -0.309 e. The summed E-state index contributed by atoms with van der Waals surface area (Å²) in [5.41, 5.74) is 0.122. The van der Waals surface area contributed by atoms with Crippen LogP contribution in [0.25, 0.3) is 0 Å². The lowest BCUT2D eigenvalue weighted by atomic mass is 9.85. The van der Waals surface area contributed by atoms with E-state index in [0.717, 1.165) is 19.3 Å². The van der Waals surface area contributed by atoms with E-state index in [9.17, 15) is 8.78 Å². The van der Waals surface area contributed by atoms with Crippen LogP contribution in [0.4, 0.5) is 8.78 Å². The van der Waals surface area contributed by atoms with Gasteiger partial charge in [0.15, 0.2) is 0 Å². The molecule has 4 heteroatoms. The molecule has 2 unspecified atom stereocenters. The van der Waals surface area contributed by atoms with E-state index in [0.29, 0.717) is 11.8 Å². The largest absolute Gasteiger partial charge is 0.309 e. The molecule has 0 spiro atoms. The zero-order chi connectivity index (χ0) is 13.0. The van der Waals surface area contributed by atoms with E-state index in [4.69, 9.17) is 11.6 Å². The molecule has 100 valence electrons. The van der Waals surface area contributed by atoms with Crippen LogP contribution in [0.5, 0.6) is 0 Å². The molecular formula is C14H18ClF2N. The Morgan fingerprint density at radius 3 is 2.50 bits per heavy atom. The van der Waals surface area contributed by atoms with Gasteiger partial charge in [-0.05, 0) is 30.9 Å². The van der Waals surface area contributed by atoms with Gasteiger partial charge in [-0.1, -0.05) is 18.9 Å². The molecule has 0 saturated heterocycles. The van der Waals surface area contributed by atoms with Crippen LogP contribution < -0.4 is 5.32 Å². The van der Waals surface area contributed by atoms with Crippen LogP contribution in [0.3, 0.4) is 0 Å². The Balaban J connectivity index is 1.98. The fraction of sp³-hybridized carbons (Fsp3) is 0.571. The van der Waals surface area contributed by atoms with Crippen LogP contribution >= 0.6 is 11.6 Å². The van der Waals surface area contributed by atoms with Gasteiger partial charge in [0.05, 0.1) is 0 Å². The molecule has 1 saturated carbocycles. The highest BCUT2D eigenvalue weighted by atomic mass is 35.5. The van der Waals surface area contributed by atoms with E-state index in [1.54, 1.807) is 0 Å². The Bertz CT molecular complexity index is 377. The zero-order valence-electron chi connectivity index (χ0n) is 10.3. The molecule has 2 rings (SSSR count). The van der Waals surface area contributed by atoms with Crippen molar-refractivity contribution in [3.8, 4) is 0 Å². The first-order chi connectivity index (χ1) is 8.72.